The summed E-state index contributed by atoms with van der Waals surface area (Å²) in [6, 6.07) is 64.3. The van der Waals surface area contributed by atoms with Crippen LogP contribution in [-0.4, -0.2) is 9.97 Å². The van der Waals surface area contributed by atoms with Crippen LogP contribution in [-0.2, 0) is 26.2 Å². The van der Waals surface area contributed by atoms with E-state index in [0.717, 1.165) is 11.4 Å². The monoisotopic (exact) mass is 796 g/mol. The summed E-state index contributed by atoms with van der Waals surface area (Å²) < 4.78 is 0. The van der Waals surface area contributed by atoms with Crippen molar-refractivity contribution in [3.63, 3.8) is 0 Å². The molecule has 0 aliphatic carbocycles. The van der Waals surface area contributed by atoms with Crippen LogP contribution >= 0.6 is 0 Å². The van der Waals surface area contributed by atoms with Crippen LogP contribution in [0.15, 0.2) is 194 Å². The number of benzene rings is 6. The van der Waals surface area contributed by atoms with Gasteiger partial charge in [-0.05, 0) is 44.8 Å². The van der Waals surface area contributed by atoms with Crippen LogP contribution in [0.2, 0.25) is 0 Å². The van der Waals surface area contributed by atoms with E-state index in [0.29, 0.717) is 0 Å². The van der Waals surface area contributed by atoms with Gasteiger partial charge in [-0.1, -0.05) is 145 Å². The zero-order valence-electron chi connectivity index (χ0n) is 28.6. The van der Waals surface area contributed by atoms with Crippen LogP contribution in [0.5, 0.6) is 0 Å². The Bertz CT molecular complexity index is 2570. The number of aromatic nitrogens is 2. The molecule has 0 bridgehead atoms. The normalized spacial score (nSPS) is 10.6. The second-order valence-electron chi connectivity index (χ2n) is 12.6. The topological polar surface area (TPSA) is 25.8 Å². The Hall–Kier alpha value is -5.18. The van der Waals surface area contributed by atoms with Crippen molar-refractivity contribution in [2.24, 2.45) is 0 Å². The van der Waals surface area contributed by atoms with Gasteiger partial charge in [0.15, 0.2) is 0 Å². The van der Waals surface area contributed by atoms with Crippen molar-refractivity contribution < 1.29 is 51.0 Å². The molecule has 10 aromatic rings. The molecule has 0 aliphatic heterocycles. The van der Waals surface area contributed by atoms with Crippen molar-refractivity contribution in [1.29, 1.82) is 0 Å². The van der Waals surface area contributed by atoms with Gasteiger partial charge in [0.05, 0.1) is 0 Å². The van der Waals surface area contributed by atoms with E-state index >= 15 is 0 Å². The summed E-state index contributed by atoms with van der Waals surface area (Å²) in [7, 11) is 0. The molecule has 0 N–H and O–H groups in total. The van der Waals surface area contributed by atoms with Crippen LogP contribution in [0, 0.1) is 0 Å². The zero-order valence-corrected chi connectivity index (χ0v) is 32.6. The summed E-state index contributed by atoms with van der Waals surface area (Å²) in [6.07, 6.45) is 3.69. The predicted octanol–water partition coefficient (Wildman–Crippen LogP) is 6.89. The van der Waals surface area contributed by atoms with Crippen molar-refractivity contribution in [2.75, 3.05) is 0 Å². The van der Waals surface area contributed by atoms with E-state index < -0.39 is 0 Å². The SMILES string of the molecule is [Cl-].[Cl-].[Zr+4].c1ccc(-c2cc3c(-c4cccc5ccccc45)cccc3[cH-]2)nc1.c1ccc(-c2cc3c(-c4cccc5ccccc45)cccc3[cH-]2)nc1. The molecular weight excluding hydrogens is 767 g/mol. The Labute approximate surface area is 340 Å². The first-order chi connectivity index (χ1) is 24.8. The van der Waals surface area contributed by atoms with Crippen molar-refractivity contribution in [2.45, 2.75) is 0 Å². The maximum atomic E-state index is 4.50. The van der Waals surface area contributed by atoms with Crippen molar-refractivity contribution in [1.82, 2.24) is 9.97 Å². The number of hydrogen-bond donors (Lipinski definition) is 0. The first-order valence-electron chi connectivity index (χ1n) is 17.0. The van der Waals surface area contributed by atoms with Gasteiger partial charge in [0.1, 0.15) is 0 Å². The molecular formula is C48H32Cl2N2Zr. The Balaban J connectivity index is 0.000000172. The number of pyridine rings is 2. The molecule has 0 saturated carbocycles. The second kappa shape index (κ2) is 16.7. The van der Waals surface area contributed by atoms with Crippen LogP contribution in [0.3, 0.4) is 0 Å². The smallest absolute Gasteiger partial charge is 1.00 e. The third-order valence-corrected chi connectivity index (χ3v) is 9.58. The van der Waals surface area contributed by atoms with Gasteiger partial charge in [-0.25, -0.2) is 0 Å². The average molecular weight is 799 g/mol. The van der Waals surface area contributed by atoms with Crippen molar-refractivity contribution in [3.05, 3.63) is 194 Å². The third kappa shape index (κ3) is 7.39. The van der Waals surface area contributed by atoms with E-state index in [9.17, 15) is 0 Å². The van der Waals surface area contributed by atoms with Gasteiger partial charge in [0.2, 0.25) is 0 Å². The van der Waals surface area contributed by atoms with Gasteiger partial charge in [-0.3, -0.25) is 9.97 Å². The maximum Gasteiger partial charge on any atom is 4.00 e. The summed E-state index contributed by atoms with van der Waals surface area (Å²) in [5, 5.41) is 10.2. The number of nitrogens with zero attached hydrogens (tertiary/aromatic N) is 2. The molecule has 0 aliphatic rings. The van der Waals surface area contributed by atoms with E-state index in [1.807, 2.05) is 36.7 Å². The molecule has 5 heteroatoms. The largest absolute Gasteiger partial charge is 4.00 e. The standard InChI is InChI=1S/2C24H16N.2ClH.Zr/c2*1-2-10-20-17(7-1)8-5-11-21(20)22-12-6-9-18-15-19(16-23(18)22)24-13-3-4-14-25-24;;;/h2*1-16H;2*1H;/q2*-1;;;+4/p-2. The maximum absolute atomic E-state index is 4.50. The Morgan fingerprint density at radius 1 is 0.340 bits per heavy atom. The fourth-order valence-corrected chi connectivity index (χ4v) is 7.22. The van der Waals surface area contributed by atoms with Gasteiger partial charge in [-0.15, -0.1) is 69.1 Å². The Morgan fingerprint density at radius 2 is 0.698 bits per heavy atom. The number of rotatable bonds is 4. The average Bonchev–Trinajstić information content (AvgIpc) is 3.84. The molecule has 0 saturated heterocycles. The van der Waals surface area contributed by atoms with E-state index in [2.05, 4.69) is 168 Å². The molecule has 0 atom stereocenters. The van der Waals surface area contributed by atoms with E-state index in [1.165, 1.54) is 76.5 Å². The molecule has 53 heavy (non-hydrogen) atoms. The van der Waals surface area contributed by atoms with Crippen molar-refractivity contribution in [3.8, 4) is 44.8 Å². The quantitative estimate of drug-likeness (QED) is 0.182. The molecule has 0 unspecified atom stereocenters. The van der Waals surface area contributed by atoms with Gasteiger partial charge in [0, 0.05) is 23.8 Å². The summed E-state index contributed by atoms with van der Waals surface area (Å²) in [5.74, 6) is 0. The number of hydrogen-bond acceptors (Lipinski definition) is 2. The van der Waals surface area contributed by atoms with Crippen LogP contribution in [0.1, 0.15) is 0 Å². The van der Waals surface area contributed by atoms with Crippen LogP contribution < -0.4 is 24.8 Å². The van der Waals surface area contributed by atoms with E-state index in [-0.39, 0.29) is 51.0 Å². The summed E-state index contributed by atoms with van der Waals surface area (Å²) in [4.78, 5) is 8.99. The molecule has 2 heterocycles. The fourth-order valence-electron chi connectivity index (χ4n) is 7.22. The minimum atomic E-state index is 0. The Morgan fingerprint density at radius 3 is 1.11 bits per heavy atom. The van der Waals surface area contributed by atoms with Gasteiger partial charge < -0.3 is 24.8 Å². The van der Waals surface area contributed by atoms with Crippen LogP contribution in [0.4, 0.5) is 0 Å². The molecule has 2 aromatic heterocycles. The van der Waals surface area contributed by atoms with E-state index in [1.54, 1.807) is 0 Å². The molecule has 0 spiro atoms. The van der Waals surface area contributed by atoms with Crippen LogP contribution in [0.25, 0.3) is 87.9 Å². The summed E-state index contributed by atoms with van der Waals surface area (Å²) in [5.41, 5.74) is 9.48. The third-order valence-electron chi connectivity index (χ3n) is 9.58. The minimum Gasteiger partial charge on any atom is -1.00 e. The van der Waals surface area contributed by atoms with E-state index in [4.69, 9.17) is 0 Å². The Kier molecular flexibility index (Phi) is 11.8. The number of fused-ring (bicyclic) bond motifs is 4. The molecule has 10 rings (SSSR count). The molecule has 2 nitrogen and oxygen atoms in total. The van der Waals surface area contributed by atoms with Crippen molar-refractivity contribution >= 4 is 43.1 Å². The molecule has 0 amide bonds. The second-order valence-corrected chi connectivity index (χ2v) is 12.6. The number of halogens is 2. The molecule has 0 fully saturated rings. The predicted molar refractivity (Wildman–Crippen MR) is 211 cm³/mol. The zero-order chi connectivity index (χ0) is 33.3. The van der Waals surface area contributed by atoms with Gasteiger partial charge >= 0.3 is 26.2 Å². The summed E-state index contributed by atoms with van der Waals surface area (Å²) >= 11 is 0. The first kappa shape index (κ1) is 37.6. The molecule has 8 aromatic carbocycles. The summed E-state index contributed by atoms with van der Waals surface area (Å²) in [6.45, 7) is 0. The minimum absolute atomic E-state index is 0. The first-order valence-corrected chi connectivity index (χ1v) is 17.0. The van der Waals surface area contributed by atoms with Gasteiger partial charge in [-0.2, -0.15) is 0 Å². The molecule has 0 radical (unpaired) electrons. The molecule has 252 valence electrons. The van der Waals surface area contributed by atoms with Gasteiger partial charge in [0.25, 0.3) is 0 Å². The fraction of sp³-hybridized carbons (Fsp3) is 0.